The summed E-state index contributed by atoms with van der Waals surface area (Å²) in [5.41, 5.74) is 0. The van der Waals surface area contributed by atoms with Crippen molar-refractivity contribution < 1.29 is 32.6 Å². The van der Waals surface area contributed by atoms with Gasteiger partial charge in [0.05, 0.1) is 6.10 Å². The maximum atomic E-state index is 12.2. The fourth-order valence-corrected chi connectivity index (χ4v) is 1.89. The van der Waals surface area contributed by atoms with Crippen molar-refractivity contribution in [3.8, 4) is 0 Å². The van der Waals surface area contributed by atoms with Gasteiger partial charge in [-0.15, -0.1) is 0 Å². The van der Waals surface area contributed by atoms with Crippen LogP contribution in [0, 0.1) is 0 Å². The second-order valence-corrected chi connectivity index (χ2v) is 4.48. The van der Waals surface area contributed by atoms with Gasteiger partial charge in [0.25, 0.3) is 0 Å². The van der Waals surface area contributed by atoms with Crippen LogP contribution in [0.3, 0.4) is 0 Å². The van der Waals surface area contributed by atoms with Crippen LogP contribution in [0.5, 0.6) is 0 Å². The van der Waals surface area contributed by atoms with Crippen molar-refractivity contribution in [2.75, 3.05) is 19.6 Å². The van der Waals surface area contributed by atoms with Gasteiger partial charge in [-0.3, -0.25) is 0 Å². The average molecular weight is 298 g/mol. The zero-order valence-electron chi connectivity index (χ0n) is 10.9. The Morgan fingerprint density at radius 1 is 1.40 bits per heavy atom. The van der Waals surface area contributed by atoms with Crippen LogP contribution in [0.1, 0.15) is 19.8 Å². The Morgan fingerprint density at radius 2 is 2.05 bits per heavy atom. The first-order valence-electron chi connectivity index (χ1n) is 6.20. The van der Waals surface area contributed by atoms with Crippen LogP contribution < -0.4 is 5.32 Å². The highest BCUT2D eigenvalue weighted by atomic mass is 19.4. The fraction of sp³-hybridized carbons (Fsp3) is 0.818. The Bertz CT molecular complexity index is 362. The normalized spacial score (nSPS) is 22.6. The summed E-state index contributed by atoms with van der Waals surface area (Å²) in [5, 5.41) is 11.0. The summed E-state index contributed by atoms with van der Waals surface area (Å²) in [4.78, 5) is 22.8. The maximum Gasteiger partial charge on any atom is 0.406 e. The highest BCUT2D eigenvalue weighted by Gasteiger charge is 2.33. The van der Waals surface area contributed by atoms with Gasteiger partial charge in [-0.05, 0) is 19.8 Å². The molecule has 0 radical (unpaired) electrons. The van der Waals surface area contributed by atoms with Crippen LogP contribution >= 0.6 is 0 Å². The lowest BCUT2D eigenvalue weighted by molar-refractivity contribution is -0.149. The van der Waals surface area contributed by atoms with Gasteiger partial charge in [-0.1, -0.05) is 0 Å². The predicted octanol–water partition coefficient (Wildman–Crippen LogP) is 1.21. The minimum atomic E-state index is -4.45. The second kappa shape index (κ2) is 6.78. The van der Waals surface area contributed by atoms with E-state index in [-0.39, 0.29) is 13.1 Å². The summed E-state index contributed by atoms with van der Waals surface area (Å²) in [6.07, 6.45) is -5.07. The van der Waals surface area contributed by atoms with Gasteiger partial charge >= 0.3 is 18.2 Å². The number of nitrogens with zero attached hydrogens (tertiary/aromatic N) is 1. The van der Waals surface area contributed by atoms with E-state index in [0.717, 1.165) is 0 Å². The number of carboxylic acids is 1. The molecule has 0 saturated carbocycles. The Balaban J connectivity index is 2.37. The number of amides is 2. The molecular weight excluding hydrogens is 281 g/mol. The van der Waals surface area contributed by atoms with Crippen molar-refractivity contribution in [2.24, 2.45) is 0 Å². The molecule has 1 heterocycles. The smallest absolute Gasteiger partial charge is 0.406 e. The summed E-state index contributed by atoms with van der Waals surface area (Å²) in [6.45, 7) is 0.0437. The summed E-state index contributed by atoms with van der Waals surface area (Å²) in [6, 6.07) is -0.841. The predicted molar refractivity (Wildman–Crippen MR) is 62.2 cm³/mol. The summed E-state index contributed by atoms with van der Waals surface area (Å²) in [5.74, 6) is -1.08. The molecule has 0 aromatic rings. The number of aliphatic carboxylic acids is 1. The Labute approximate surface area is 113 Å². The van der Waals surface area contributed by atoms with Gasteiger partial charge in [-0.25, -0.2) is 9.59 Å². The standard InChI is InChI=1S/C11H17F3N2O4/c1-2-16(6-11(12,13)14)10(19)15-5-7-3-4-8(20-7)9(17)18/h7-8H,2-6H2,1H3,(H,15,19)(H,17,18). The molecule has 2 amide bonds. The second-order valence-electron chi connectivity index (χ2n) is 4.48. The molecule has 0 bridgehead atoms. The summed E-state index contributed by atoms with van der Waals surface area (Å²) >= 11 is 0. The first-order valence-corrected chi connectivity index (χ1v) is 6.20. The molecule has 20 heavy (non-hydrogen) atoms. The van der Waals surface area contributed by atoms with E-state index in [1.165, 1.54) is 6.92 Å². The molecule has 1 aliphatic heterocycles. The lowest BCUT2D eigenvalue weighted by Crippen LogP contribution is -2.46. The molecule has 116 valence electrons. The molecule has 2 N–H and O–H groups in total. The highest BCUT2D eigenvalue weighted by molar-refractivity contribution is 5.74. The third-order valence-corrected chi connectivity index (χ3v) is 2.90. The van der Waals surface area contributed by atoms with Crippen molar-refractivity contribution in [1.29, 1.82) is 0 Å². The minimum Gasteiger partial charge on any atom is -0.479 e. The van der Waals surface area contributed by atoms with E-state index < -0.39 is 36.9 Å². The zero-order valence-corrected chi connectivity index (χ0v) is 10.9. The average Bonchev–Trinajstić information content (AvgIpc) is 2.80. The summed E-state index contributed by atoms with van der Waals surface area (Å²) in [7, 11) is 0. The molecule has 0 spiro atoms. The number of rotatable bonds is 5. The molecule has 2 unspecified atom stereocenters. The van der Waals surface area contributed by atoms with Gasteiger partial charge in [0.2, 0.25) is 0 Å². The number of halogens is 3. The van der Waals surface area contributed by atoms with Crippen LogP contribution in [0.25, 0.3) is 0 Å². The Hall–Kier alpha value is -1.51. The number of hydrogen-bond donors (Lipinski definition) is 2. The zero-order chi connectivity index (χ0) is 15.3. The topological polar surface area (TPSA) is 78.9 Å². The number of ether oxygens (including phenoxy) is 1. The van der Waals surface area contributed by atoms with Crippen molar-refractivity contribution >= 4 is 12.0 Å². The number of hydrogen-bond acceptors (Lipinski definition) is 3. The number of carbonyl (C=O) groups excluding carboxylic acids is 1. The number of urea groups is 1. The first-order chi connectivity index (χ1) is 9.23. The number of carbonyl (C=O) groups is 2. The van der Waals surface area contributed by atoms with Crippen molar-refractivity contribution in [2.45, 2.75) is 38.1 Å². The largest absolute Gasteiger partial charge is 0.479 e. The van der Waals surface area contributed by atoms with Crippen LogP contribution in [0.15, 0.2) is 0 Å². The lowest BCUT2D eigenvalue weighted by Gasteiger charge is -2.23. The van der Waals surface area contributed by atoms with Crippen LogP contribution in [0.2, 0.25) is 0 Å². The quantitative estimate of drug-likeness (QED) is 0.799. The molecule has 2 atom stereocenters. The van der Waals surface area contributed by atoms with E-state index in [0.29, 0.717) is 17.7 Å². The summed E-state index contributed by atoms with van der Waals surface area (Å²) < 4.78 is 41.8. The third-order valence-electron chi connectivity index (χ3n) is 2.90. The number of nitrogens with one attached hydrogen (secondary N) is 1. The van der Waals surface area contributed by atoms with Crippen molar-refractivity contribution in [3.05, 3.63) is 0 Å². The SMILES string of the molecule is CCN(CC(F)(F)F)C(=O)NCC1CCC(C(=O)O)O1. The van der Waals surface area contributed by atoms with Gasteiger partial charge < -0.3 is 20.1 Å². The fourth-order valence-electron chi connectivity index (χ4n) is 1.89. The molecule has 1 fully saturated rings. The first kappa shape index (κ1) is 16.5. The van der Waals surface area contributed by atoms with Gasteiger partial charge in [0, 0.05) is 13.1 Å². The van der Waals surface area contributed by atoms with Crippen LogP contribution in [0.4, 0.5) is 18.0 Å². The monoisotopic (exact) mass is 298 g/mol. The highest BCUT2D eigenvalue weighted by Crippen LogP contribution is 2.19. The molecule has 1 rings (SSSR count). The molecule has 0 aliphatic carbocycles. The Morgan fingerprint density at radius 3 is 2.50 bits per heavy atom. The maximum absolute atomic E-state index is 12.2. The Kier molecular flexibility index (Phi) is 5.61. The molecule has 0 aromatic heterocycles. The number of alkyl halides is 3. The third kappa shape index (κ3) is 5.24. The van der Waals surface area contributed by atoms with E-state index in [1.807, 2.05) is 0 Å². The molecule has 1 aliphatic rings. The molecule has 6 nitrogen and oxygen atoms in total. The van der Waals surface area contributed by atoms with Crippen molar-refractivity contribution in [1.82, 2.24) is 10.2 Å². The molecule has 9 heteroatoms. The molecule has 1 saturated heterocycles. The van der Waals surface area contributed by atoms with Crippen molar-refractivity contribution in [3.63, 3.8) is 0 Å². The van der Waals surface area contributed by atoms with E-state index >= 15 is 0 Å². The van der Waals surface area contributed by atoms with Gasteiger partial charge in [0.15, 0.2) is 6.10 Å². The minimum absolute atomic E-state index is 0.00301. The van der Waals surface area contributed by atoms with Gasteiger partial charge in [0.1, 0.15) is 6.54 Å². The van der Waals surface area contributed by atoms with E-state index in [2.05, 4.69) is 5.32 Å². The van der Waals surface area contributed by atoms with E-state index in [9.17, 15) is 22.8 Å². The molecular formula is C11H17F3N2O4. The van der Waals surface area contributed by atoms with E-state index in [4.69, 9.17) is 9.84 Å². The lowest BCUT2D eigenvalue weighted by atomic mass is 10.2. The van der Waals surface area contributed by atoms with E-state index in [1.54, 1.807) is 0 Å². The molecule has 0 aromatic carbocycles. The van der Waals surface area contributed by atoms with Crippen LogP contribution in [-0.2, 0) is 9.53 Å². The van der Waals surface area contributed by atoms with Crippen LogP contribution in [-0.4, -0.2) is 60.0 Å². The van der Waals surface area contributed by atoms with Gasteiger partial charge in [-0.2, -0.15) is 13.2 Å². The number of carboxylic acid groups (broad SMARTS) is 1.